The summed E-state index contributed by atoms with van der Waals surface area (Å²) in [6.45, 7) is 2.01. The molecule has 0 spiro atoms. The van der Waals surface area contributed by atoms with Gasteiger partial charge in [-0.1, -0.05) is 39.0 Å². The number of nitrogens with zero attached hydrogens (tertiary/aromatic N) is 2. The minimum atomic E-state index is -1.05. The molecular formula is C18H28N4O4. The Bertz CT molecular complexity index is 622. The van der Waals surface area contributed by atoms with Crippen molar-refractivity contribution in [1.82, 2.24) is 20.4 Å². The van der Waals surface area contributed by atoms with Crippen LogP contribution in [0.1, 0.15) is 68.6 Å². The van der Waals surface area contributed by atoms with Crippen LogP contribution in [0.4, 0.5) is 0 Å². The Labute approximate surface area is 153 Å². The molecule has 0 unspecified atom stereocenters. The molecule has 1 saturated carbocycles. The van der Waals surface area contributed by atoms with Crippen molar-refractivity contribution >= 4 is 17.8 Å². The molecular weight excluding hydrogens is 336 g/mol. The number of carbonyl (C=O) groups excluding carboxylic acids is 2. The lowest BCUT2D eigenvalue weighted by Crippen LogP contribution is -2.40. The quantitative estimate of drug-likeness (QED) is 0.617. The molecule has 144 valence electrons. The second-order valence-electron chi connectivity index (χ2n) is 6.84. The van der Waals surface area contributed by atoms with Gasteiger partial charge >= 0.3 is 5.97 Å². The first kappa shape index (κ1) is 19.9. The zero-order valence-electron chi connectivity index (χ0n) is 15.2. The van der Waals surface area contributed by atoms with Gasteiger partial charge in [0.05, 0.1) is 11.8 Å². The minimum absolute atomic E-state index is 0.0436. The summed E-state index contributed by atoms with van der Waals surface area (Å²) in [5, 5.41) is 18.7. The van der Waals surface area contributed by atoms with E-state index in [-0.39, 0.29) is 24.1 Å². The van der Waals surface area contributed by atoms with Gasteiger partial charge in [-0.2, -0.15) is 5.10 Å². The molecule has 1 atom stereocenters. The van der Waals surface area contributed by atoms with E-state index < -0.39 is 17.9 Å². The number of hydrogen-bond acceptors (Lipinski definition) is 4. The van der Waals surface area contributed by atoms with Crippen molar-refractivity contribution in [2.24, 2.45) is 0 Å². The molecule has 1 fully saturated rings. The van der Waals surface area contributed by atoms with E-state index in [4.69, 9.17) is 0 Å². The van der Waals surface area contributed by atoms with E-state index in [9.17, 15) is 19.5 Å². The molecule has 1 aromatic rings. The van der Waals surface area contributed by atoms with Gasteiger partial charge in [0.2, 0.25) is 5.91 Å². The summed E-state index contributed by atoms with van der Waals surface area (Å²) in [7, 11) is 0. The van der Waals surface area contributed by atoms with Crippen LogP contribution in [0.3, 0.4) is 0 Å². The first-order chi connectivity index (χ1) is 12.5. The Balaban J connectivity index is 1.86. The second kappa shape index (κ2) is 9.94. The summed E-state index contributed by atoms with van der Waals surface area (Å²) < 4.78 is 1.40. The van der Waals surface area contributed by atoms with Crippen molar-refractivity contribution in [3.05, 3.63) is 18.0 Å². The fourth-order valence-corrected chi connectivity index (χ4v) is 3.14. The van der Waals surface area contributed by atoms with Gasteiger partial charge in [0.1, 0.15) is 12.6 Å². The van der Waals surface area contributed by atoms with Crippen LogP contribution in [0.2, 0.25) is 0 Å². The number of hydrogen-bond donors (Lipinski definition) is 3. The first-order valence-corrected chi connectivity index (χ1v) is 9.35. The summed E-state index contributed by atoms with van der Waals surface area (Å²) in [5.41, 5.74) is 0.248. The number of rotatable bonds is 9. The predicted octanol–water partition coefficient (Wildman–Crippen LogP) is 1.71. The van der Waals surface area contributed by atoms with Crippen LogP contribution in [-0.4, -0.2) is 44.8 Å². The minimum Gasteiger partial charge on any atom is -0.480 e. The molecule has 26 heavy (non-hydrogen) atoms. The summed E-state index contributed by atoms with van der Waals surface area (Å²) in [6.07, 6.45) is 10.3. The molecule has 1 heterocycles. The first-order valence-electron chi connectivity index (χ1n) is 9.35. The zero-order chi connectivity index (χ0) is 18.9. The SMILES string of the molecule is CCCC[C@H](NC(=O)c1cnn(CC(=O)NC2CCCCC2)c1)C(=O)O. The lowest BCUT2D eigenvalue weighted by molar-refractivity contribution is -0.139. The molecule has 0 aromatic carbocycles. The van der Waals surface area contributed by atoms with E-state index >= 15 is 0 Å². The number of aromatic nitrogens is 2. The average Bonchev–Trinajstić information content (AvgIpc) is 3.07. The summed E-state index contributed by atoms with van der Waals surface area (Å²) in [5.74, 6) is -1.67. The Kier molecular flexibility index (Phi) is 7.62. The number of aliphatic carboxylic acids is 1. The monoisotopic (exact) mass is 364 g/mol. The topological polar surface area (TPSA) is 113 Å². The Hall–Kier alpha value is -2.38. The van der Waals surface area contributed by atoms with Gasteiger partial charge in [-0.25, -0.2) is 4.79 Å². The third kappa shape index (κ3) is 6.16. The lowest BCUT2D eigenvalue weighted by atomic mass is 9.95. The second-order valence-corrected chi connectivity index (χ2v) is 6.84. The molecule has 8 nitrogen and oxygen atoms in total. The van der Waals surface area contributed by atoms with Gasteiger partial charge < -0.3 is 15.7 Å². The van der Waals surface area contributed by atoms with Crippen LogP contribution in [0.5, 0.6) is 0 Å². The van der Waals surface area contributed by atoms with Gasteiger partial charge in [-0.3, -0.25) is 14.3 Å². The van der Waals surface area contributed by atoms with Gasteiger partial charge in [-0.05, 0) is 19.3 Å². The molecule has 2 rings (SSSR count). The maximum Gasteiger partial charge on any atom is 0.326 e. The van der Waals surface area contributed by atoms with E-state index in [0.29, 0.717) is 6.42 Å². The van der Waals surface area contributed by atoms with Crippen LogP contribution in [0.15, 0.2) is 12.4 Å². The molecule has 3 N–H and O–H groups in total. The fourth-order valence-electron chi connectivity index (χ4n) is 3.14. The summed E-state index contributed by atoms with van der Waals surface area (Å²) >= 11 is 0. The van der Waals surface area contributed by atoms with Crippen molar-refractivity contribution in [3.63, 3.8) is 0 Å². The predicted molar refractivity (Wildman–Crippen MR) is 95.7 cm³/mol. The van der Waals surface area contributed by atoms with E-state index in [1.807, 2.05) is 6.92 Å². The highest BCUT2D eigenvalue weighted by Crippen LogP contribution is 2.17. The van der Waals surface area contributed by atoms with E-state index in [2.05, 4.69) is 15.7 Å². The van der Waals surface area contributed by atoms with Crippen LogP contribution < -0.4 is 10.6 Å². The number of carboxylic acid groups (broad SMARTS) is 1. The maximum absolute atomic E-state index is 12.2. The number of carboxylic acids is 1. The van der Waals surface area contributed by atoms with Gasteiger partial charge in [0.25, 0.3) is 5.91 Å². The zero-order valence-corrected chi connectivity index (χ0v) is 15.2. The van der Waals surface area contributed by atoms with E-state index in [1.165, 1.54) is 23.5 Å². The third-order valence-corrected chi connectivity index (χ3v) is 4.62. The van der Waals surface area contributed by atoms with Crippen LogP contribution >= 0.6 is 0 Å². The van der Waals surface area contributed by atoms with Crippen LogP contribution in [0.25, 0.3) is 0 Å². The highest BCUT2D eigenvalue weighted by molar-refractivity contribution is 5.96. The standard InChI is InChI=1S/C18H28N4O4/c1-2-3-9-15(18(25)26)21-17(24)13-10-19-22(11-13)12-16(23)20-14-7-5-4-6-8-14/h10-11,14-15H,2-9,12H2,1H3,(H,20,23)(H,21,24)(H,25,26)/t15-/m0/s1. The summed E-state index contributed by atoms with van der Waals surface area (Å²) in [4.78, 5) is 35.5. The van der Waals surface area contributed by atoms with Gasteiger partial charge in [0, 0.05) is 12.2 Å². The van der Waals surface area contributed by atoms with Crippen molar-refractivity contribution < 1.29 is 19.5 Å². The molecule has 0 bridgehead atoms. The molecule has 1 aliphatic carbocycles. The molecule has 1 aliphatic rings. The Morgan fingerprint density at radius 2 is 2.04 bits per heavy atom. The van der Waals surface area contributed by atoms with Crippen LogP contribution in [-0.2, 0) is 16.1 Å². The van der Waals surface area contributed by atoms with Gasteiger partial charge in [0.15, 0.2) is 0 Å². The number of unbranched alkanes of at least 4 members (excludes halogenated alkanes) is 1. The number of carbonyl (C=O) groups is 3. The van der Waals surface area contributed by atoms with Crippen molar-refractivity contribution in [2.45, 2.75) is 76.9 Å². The van der Waals surface area contributed by atoms with Crippen molar-refractivity contribution in [2.75, 3.05) is 0 Å². The lowest BCUT2D eigenvalue weighted by Gasteiger charge is -2.22. The van der Waals surface area contributed by atoms with Crippen LogP contribution in [0, 0.1) is 0 Å². The maximum atomic E-state index is 12.2. The normalized spacial score (nSPS) is 16.0. The number of nitrogens with one attached hydrogen (secondary N) is 2. The van der Waals surface area contributed by atoms with Crippen molar-refractivity contribution in [3.8, 4) is 0 Å². The average molecular weight is 364 g/mol. The Morgan fingerprint density at radius 3 is 2.69 bits per heavy atom. The molecule has 0 radical (unpaired) electrons. The number of amides is 2. The molecule has 8 heteroatoms. The highest BCUT2D eigenvalue weighted by Gasteiger charge is 2.21. The van der Waals surface area contributed by atoms with E-state index in [1.54, 1.807) is 0 Å². The third-order valence-electron chi connectivity index (χ3n) is 4.62. The van der Waals surface area contributed by atoms with Crippen molar-refractivity contribution in [1.29, 1.82) is 0 Å². The highest BCUT2D eigenvalue weighted by atomic mass is 16.4. The largest absolute Gasteiger partial charge is 0.480 e. The fraction of sp³-hybridized carbons (Fsp3) is 0.667. The summed E-state index contributed by atoms with van der Waals surface area (Å²) in [6, 6.07) is -0.690. The van der Waals surface area contributed by atoms with E-state index in [0.717, 1.165) is 38.5 Å². The molecule has 0 aliphatic heterocycles. The molecule has 2 amide bonds. The molecule has 0 saturated heterocycles. The van der Waals surface area contributed by atoms with Gasteiger partial charge in [-0.15, -0.1) is 0 Å². The molecule has 1 aromatic heterocycles. The Morgan fingerprint density at radius 1 is 1.31 bits per heavy atom. The smallest absolute Gasteiger partial charge is 0.326 e.